The number of hydrogen-bond donors (Lipinski definition) is 3. The molecule has 1 aromatic heterocycles. The molecule has 1 fully saturated rings. The number of nitrogens with one attached hydrogen (secondary N) is 1. The fourth-order valence-electron chi connectivity index (χ4n) is 2.28. The molecule has 1 saturated heterocycles. The molecule has 0 aromatic carbocycles. The standard InChI is InChI=1S/C12H19N3O3/c1-8-9(5-11(18-8)12(17)14-13)6-15-4-2-3-10(16)7-15/h5,10,16H,2-4,6-7,13H2,1H3,(H,14,17). The molecule has 1 amide bonds. The van der Waals surface area contributed by atoms with Gasteiger partial charge in [-0.15, -0.1) is 0 Å². The highest BCUT2D eigenvalue weighted by Crippen LogP contribution is 2.19. The number of amides is 1. The van der Waals surface area contributed by atoms with Crippen LogP contribution in [0.4, 0.5) is 0 Å². The molecule has 0 bridgehead atoms. The summed E-state index contributed by atoms with van der Waals surface area (Å²) in [4.78, 5) is 13.5. The van der Waals surface area contributed by atoms with Crippen molar-refractivity contribution in [2.45, 2.75) is 32.4 Å². The number of likely N-dealkylation sites (tertiary alicyclic amines) is 1. The molecule has 0 radical (unpaired) electrons. The van der Waals surface area contributed by atoms with Gasteiger partial charge < -0.3 is 9.52 Å². The Morgan fingerprint density at radius 1 is 1.72 bits per heavy atom. The first-order valence-electron chi connectivity index (χ1n) is 6.11. The van der Waals surface area contributed by atoms with Gasteiger partial charge in [-0.3, -0.25) is 15.1 Å². The van der Waals surface area contributed by atoms with E-state index in [0.717, 1.165) is 24.9 Å². The first kappa shape index (κ1) is 13.1. The Labute approximate surface area is 106 Å². The minimum absolute atomic E-state index is 0.225. The van der Waals surface area contributed by atoms with Gasteiger partial charge >= 0.3 is 5.91 Å². The average molecular weight is 253 g/mol. The third-order valence-corrected chi connectivity index (χ3v) is 3.25. The predicted octanol–water partition coefficient (Wildman–Crippen LogP) is 0.148. The number of nitrogens with zero attached hydrogens (tertiary/aromatic N) is 1. The Bertz CT molecular complexity index is 430. The molecule has 18 heavy (non-hydrogen) atoms. The van der Waals surface area contributed by atoms with Crippen LogP contribution in [0.15, 0.2) is 10.5 Å². The second kappa shape index (κ2) is 5.51. The van der Waals surface area contributed by atoms with Gasteiger partial charge in [0.1, 0.15) is 5.76 Å². The van der Waals surface area contributed by atoms with Crippen molar-refractivity contribution in [2.24, 2.45) is 5.84 Å². The number of hydrazine groups is 1. The number of aliphatic hydroxyl groups excluding tert-OH is 1. The summed E-state index contributed by atoms with van der Waals surface area (Å²) in [5.74, 6) is 5.58. The zero-order chi connectivity index (χ0) is 13.1. The lowest BCUT2D eigenvalue weighted by atomic mass is 10.1. The fourth-order valence-corrected chi connectivity index (χ4v) is 2.28. The van der Waals surface area contributed by atoms with Crippen LogP contribution in [0.1, 0.15) is 34.7 Å². The van der Waals surface area contributed by atoms with Crippen molar-refractivity contribution < 1.29 is 14.3 Å². The maximum absolute atomic E-state index is 11.3. The summed E-state index contributed by atoms with van der Waals surface area (Å²) in [5, 5.41) is 9.61. The summed E-state index contributed by atoms with van der Waals surface area (Å²) in [6, 6.07) is 1.71. The number of hydrogen-bond acceptors (Lipinski definition) is 5. The van der Waals surface area contributed by atoms with E-state index in [-0.39, 0.29) is 11.9 Å². The van der Waals surface area contributed by atoms with Gasteiger partial charge in [0.25, 0.3) is 0 Å². The second-order valence-corrected chi connectivity index (χ2v) is 4.70. The van der Waals surface area contributed by atoms with Crippen molar-refractivity contribution in [3.05, 3.63) is 23.2 Å². The summed E-state index contributed by atoms with van der Waals surface area (Å²) in [6.07, 6.45) is 1.60. The number of rotatable bonds is 3. The molecule has 1 aromatic rings. The van der Waals surface area contributed by atoms with E-state index < -0.39 is 5.91 Å². The molecule has 2 rings (SSSR count). The molecular weight excluding hydrogens is 234 g/mol. The van der Waals surface area contributed by atoms with E-state index in [1.54, 1.807) is 6.07 Å². The Balaban J connectivity index is 2.04. The van der Waals surface area contributed by atoms with Crippen molar-refractivity contribution >= 4 is 5.91 Å². The number of aliphatic hydroxyl groups is 1. The smallest absolute Gasteiger partial charge is 0.300 e. The van der Waals surface area contributed by atoms with Crippen LogP contribution in [-0.2, 0) is 6.54 Å². The van der Waals surface area contributed by atoms with Crippen LogP contribution < -0.4 is 11.3 Å². The number of β-amino-alcohol motifs (C(OH)–C–C–N with tert-alkyl or cyclic N) is 1. The van der Waals surface area contributed by atoms with Crippen LogP contribution in [-0.4, -0.2) is 35.1 Å². The number of nitrogens with two attached hydrogens (primary N) is 1. The van der Waals surface area contributed by atoms with Crippen LogP contribution >= 0.6 is 0 Å². The number of carbonyl (C=O) groups is 1. The molecule has 1 aliphatic heterocycles. The highest BCUT2D eigenvalue weighted by atomic mass is 16.4. The van der Waals surface area contributed by atoms with Crippen molar-refractivity contribution in [3.8, 4) is 0 Å². The quantitative estimate of drug-likeness (QED) is 0.405. The number of piperidine rings is 1. The third-order valence-electron chi connectivity index (χ3n) is 3.25. The lowest BCUT2D eigenvalue weighted by Gasteiger charge is -2.29. The number of carbonyl (C=O) groups excluding carboxylic acids is 1. The Morgan fingerprint density at radius 3 is 3.17 bits per heavy atom. The van der Waals surface area contributed by atoms with Gasteiger partial charge in [0.15, 0.2) is 5.76 Å². The van der Waals surface area contributed by atoms with Crippen LogP contribution in [0.25, 0.3) is 0 Å². The minimum Gasteiger partial charge on any atom is -0.456 e. The first-order valence-corrected chi connectivity index (χ1v) is 6.11. The van der Waals surface area contributed by atoms with E-state index in [9.17, 15) is 9.90 Å². The highest BCUT2D eigenvalue weighted by Gasteiger charge is 2.20. The summed E-state index contributed by atoms with van der Waals surface area (Å²) in [7, 11) is 0. The number of aryl methyl sites for hydroxylation is 1. The third kappa shape index (κ3) is 2.90. The van der Waals surface area contributed by atoms with E-state index >= 15 is 0 Å². The minimum atomic E-state index is -0.428. The lowest BCUT2D eigenvalue weighted by molar-refractivity contribution is 0.0666. The molecule has 1 unspecified atom stereocenters. The summed E-state index contributed by atoms with van der Waals surface area (Å²) < 4.78 is 5.35. The van der Waals surface area contributed by atoms with Crippen LogP contribution in [0.3, 0.4) is 0 Å². The summed E-state index contributed by atoms with van der Waals surface area (Å²) in [5.41, 5.74) is 3.01. The molecule has 100 valence electrons. The molecule has 0 saturated carbocycles. The maximum Gasteiger partial charge on any atom is 0.300 e. The van der Waals surface area contributed by atoms with E-state index in [2.05, 4.69) is 4.90 Å². The Morgan fingerprint density at radius 2 is 2.50 bits per heavy atom. The molecule has 4 N–H and O–H groups in total. The molecule has 2 heterocycles. The monoisotopic (exact) mass is 253 g/mol. The van der Waals surface area contributed by atoms with E-state index in [1.807, 2.05) is 12.3 Å². The average Bonchev–Trinajstić information content (AvgIpc) is 2.70. The Hall–Kier alpha value is -1.37. The van der Waals surface area contributed by atoms with Crippen LogP contribution in [0, 0.1) is 6.92 Å². The van der Waals surface area contributed by atoms with Crippen molar-refractivity contribution in [3.63, 3.8) is 0 Å². The van der Waals surface area contributed by atoms with Gasteiger partial charge in [0.2, 0.25) is 0 Å². The molecule has 0 spiro atoms. The number of nitrogen functional groups attached to an aromatic ring is 1. The van der Waals surface area contributed by atoms with Gasteiger partial charge in [-0.05, 0) is 32.4 Å². The van der Waals surface area contributed by atoms with Crippen molar-refractivity contribution in [2.75, 3.05) is 13.1 Å². The molecule has 0 aliphatic carbocycles. The van der Waals surface area contributed by atoms with Gasteiger partial charge in [0.05, 0.1) is 6.10 Å². The fraction of sp³-hybridized carbons (Fsp3) is 0.583. The predicted molar refractivity (Wildman–Crippen MR) is 65.6 cm³/mol. The SMILES string of the molecule is Cc1oc(C(=O)NN)cc1CN1CCCC(O)C1. The van der Waals surface area contributed by atoms with Gasteiger partial charge in [-0.2, -0.15) is 0 Å². The van der Waals surface area contributed by atoms with Gasteiger partial charge in [0, 0.05) is 18.7 Å². The second-order valence-electron chi connectivity index (χ2n) is 4.70. The Kier molecular flexibility index (Phi) is 4.00. The maximum atomic E-state index is 11.3. The summed E-state index contributed by atoms with van der Waals surface area (Å²) in [6.45, 7) is 4.14. The topological polar surface area (TPSA) is 91.7 Å². The molecule has 1 aliphatic rings. The van der Waals surface area contributed by atoms with Crippen LogP contribution in [0.5, 0.6) is 0 Å². The van der Waals surface area contributed by atoms with E-state index in [0.29, 0.717) is 18.8 Å². The van der Waals surface area contributed by atoms with Gasteiger partial charge in [-0.1, -0.05) is 0 Å². The lowest BCUT2D eigenvalue weighted by Crippen LogP contribution is -2.37. The molecule has 6 heteroatoms. The van der Waals surface area contributed by atoms with Crippen molar-refractivity contribution in [1.29, 1.82) is 0 Å². The van der Waals surface area contributed by atoms with Crippen molar-refractivity contribution in [1.82, 2.24) is 10.3 Å². The number of furan rings is 1. The first-order chi connectivity index (χ1) is 8.60. The largest absolute Gasteiger partial charge is 0.456 e. The zero-order valence-electron chi connectivity index (χ0n) is 10.5. The summed E-state index contributed by atoms with van der Waals surface area (Å²) >= 11 is 0. The normalized spacial score (nSPS) is 20.9. The zero-order valence-corrected chi connectivity index (χ0v) is 10.5. The van der Waals surface area contributed by atoms with E-state index in [1.165, 1.54) is 0 Å². The molecule has 6 nitrogen and oxygen atoms in total. The van der Waals surface area contributed by atoms with E-state index in [4.69, 9.17) is 10.3 Å². The highest BCUT2D eigenvalue weighted by molar-refractivity contribution is 5.91. The van der Waals surface area contributed by atoms with Crippen LogP contribution in [0.2, 0.25) is 0 Å². The molecule has 1 atom stereocenters. The molecular formula is C12H19N3O3. The van der Waals surface area contributed by atoms with Gasteiger partial charge in [-0.25, -0.2) is 5.84 Å².